The fourth-order valence-electron chi connectivity index (χ4n) is 2.79. The molecular formula is C22H24N4O3S2. The van der Waals surface area contributed by atoms with Crippen LogP contribution < -0.4 is 10.9 Å². The second-order valence-corrected chi connectivity index (χ2v) is 9.23. The van der Waals surface area contributed by atoms with Gasteiger partial charge in [0.1, 0.15) is 5.75 Å². The van der Waals surface area contributed by atoms with Crippen LogP contribution in [0.2, 0.25) is 0 Å². The smallest absolute Gasteiger partial charge is 0.281 e. The molecule has 2 aromatic heterocycles. The topological polar surface area (TPSA) is 94.0 Å². The van der Waals surface area contributed by atoms with Crippen LogP contribution in [0, 0.1) is 13.8 Å². The second kappa shape index (κ2) is 9.42. The van der Waals surface area contributed by atoms with Crippen molar-refractivity contribution in [3.8, 4) is 16.2 Å². The van der Waals surface area contributed by atoms with Gasteiger partial charge in [-0.05, 0) is 49.6 Å². The molecule has 31 heavy (non-hydrogen) atoms. The molecule has 3 rings (SSSR count). The number of amides is 2. The fourth-order valence-corrected chi connectivity index (χ4v) is 4.57. The monoisotopic (exact) mass is 456 g/mol. The molecule has 0 atom stereocenters. The highest BCUT2D eigenvalue weighted by atomic mass is 32.1. The summed E-state index contributed by atoms with van der Waals surface area (Å²) in [5, 5.41) is 18.2. The van der Waals surface area contributed by atoms with Crippen molar-refractivity contribution in [2.45, 2.75) is 20.8 Å². The highest BCUT2D eigenvalue weighted by Crippen LogP contribution is 2.39. The first-order valence-corrected chi connectivity index (χ1v) is 11.2. The molecule has 0 saturated heterocycles. The summed E-state index contributed by atoms with van der Waals surface area (Å²) in [7, 11) is 3.42. The van der Waals surface area contributed by atoms with Crippen molar-refractivity contribution >= 4 is 40.2 Å². The third-order valence-corrected chi connectivity index (χ3v) is 6.73. The van der Waals surface area contributed by atoms with E-state index in [1.807, 2.05) is 37.4 Å². The molecule has 3 aromatic rings. The molecule has 0 aliphatic carbocycles. The van der Waals surface area contributed by atoms with Gasteiger partial charge in [-0.2, -0.15) is 5.10 Å². The Morgan fingerprint density at radius 1 is 1.03 bits per heavy atom. The summed E-state index contributed by atoms with van der Waals surface area (Å²) in [6, 6.07) is 9.22. The molecule has 0 bridgehead atoms. The van der Waals surface area contributed by atoms with Crippen LogP contribution in [0.15, 0.2) is 40.8 Å². The molecule has 3 N–H and O–H groups in total. The van der Waals surface area contributed by atoms with E-state index in [9.17, 15) is 14.7 Å². The summed E-state index contributed by atoms with van der Waals surface area (Å²) in [6.07, 6.45) is 0. The highest BCUT2D eigenvalue weighted by Gasteiger charge is 2.17. The van der Waals surface area contributed by atoms with Gasteiger partial charge >= 0.3 is 0 Å². The summed E-state index contributed by atoms with van der Waals surface area (Å²) < 4.78 is 0. The van der Waals surface area contributed by atoms with Gasteiger partial charge in [0.2, 0.25) is 0 Å². The molecule has 0 fully saturated rings. The van der Waals surface area contributed by atoms with E-state index >= 15 is 0 Å². The molecule has 9 heteroatoms. The van der Waals surface area contributed by atoms with E-state index in [-0.39, 0.29) is 11.7 Å². The molecule has 2 heterocycles. The number of benzene rings is 1. The van der Waals surface area contributed by atoms with Gasteiger partial charge in [-0.25, -0.2) is 10.4 Å². The third kappa shape index (κ3) is 5.19. The minimum absolute atomic E-state index is 0.141. The van der Waals surface area contributed by atoms with E-state index in [0.717, 1.165) is 27.3 Å². The zero-order valence-corrected chi connectivity index (χ0v) is 19.6. The molecule has 0 aliphatic rings. The summed E-state index contributed by atoms with van der Waals surface area (Å²) >= 11 is 2.50. The number of rotatable bonds is 6. The summed E-state index contributed by atoms with van der Waals surface area (Å²) in [4.78, 5) is 26.0. The first-order chi connectivity index (χ1) is 14.7. The number of thiophene rings is 2. The molecule has 0 radical (unpaired) electrons. The Morgan fingerprint density at radius 3 is 2.35 bits per heavy atom. The van der Waals surface area contributed by atoms with Crippen molar-refractivity contribution in [3.05, 3.63) is 62.2 Å². The minimum Gasteiger partial charge on any atom is -0.506 e. The number of nitrogens with one attached hydrogen (secondary N) is 2. The Bertz CT molecular complexity index is 1160. The number of aryl methyl sites for hydroxylation is 2. The van der Waals surface area contributed by atoms with E-state index in [4.69, 9.17) is 0 Å². The zero-order valence-electron chi connectivity index (χ0n) is 17.9. The Hall–Kier alpha value is -3.01. The van der Waals surface area contributed by atoms with Crippen molar-refractivity contribution in [1.29, 1.82) is 0 Å². The maximum absolute atomic E-state index is 12.4. The van der Waals surface area contributed by atoms with Crippen LogP contribution in [0.3, 0.4) is 0 Å². The van der Waals surface area contributed by atoms with Crippen molar-refractivity contribution < 1.29 is 14.7 Å². The Balaban J connectivity index is 1.73. The Morgan fingerprint density at radius 2 is 1.71 bits per heavy atom. The van der Waals surface area contributed by atoms with Crippen molar-refractivity contribution in [3.63, 3.8) is 0 Å². The second-order valence-electron chi connectivity index (χ2n) is 7.26. The number of nitrogens with zero attached hydrogens (tertiary/aromatic N) is 2. The van der Waals surface area contributed by atoms with E-state index in [1.54, 1.807) is 33.2 Å². The number of hydrazine groups is 1. The SMILES string of the molecule is CC(=NNC(=O)c1ccc(C(=O)NN(C)C)s1)c1csc(-c2ccc(C)c(C)c2)c1O. The average molecular weight is 457 g/mol. The molecule has 7 nitrogen and oxygen atoms in total. The maximum atomic E-state index is 12.4. The lowest BCUT2D eigenvalue weighted by Gasteiger charge is -2.09. The average Bonchev–Trinajstić information content (AvgIpc) is 3.35. The predicted octanol–water partition coefficient (Wildman–Crippen LogP) is 4.16. The molecule has 0 aliphatic heterocycles. The summed E-state index contributed by atoms with van der Waals surface area (Å²) in [6.45, 7) is 5.80. The van der Waals surface area contributed by atoms with E-state index in [1.165, 1.54) is 21.9 Å². The van der Waals surface area contributed by atoms with Crippen LogP contribution in [-0.2, 0) is 0 Å². The van der Waals surface area contributed by atoms with Gasteiger partial charge in [-0.3, -0.25) is 15.0 Å². The van der Waals surface area contributed by atoms with Gasteiger partial charge in [-0.15, -0.1) is 22.7 Å². The Kier molecular flexibility index (Phi) is 6.89. The van der Waals surface area contributed by atoms with Gasteiger partial charge in [0.05, 0.1) is 25.9 Å². The molecule has 1 aromatic carbocycles. The lowest BCUT2D eigenvalue weighted by Crippen LogP contribution is -2.35. The molecular weight excluding hydrogens is 432 g/mol. The number of hydrazone groups is 1. The fraction of sp³-hybridized carbons (Fsp3) is 0.227. The number of carbonyl (C=O) groups is 2. The van der Waals surface area contributed by atoms with Crippen LogP contribution in [0.5, 0.6) is 5.75 Å². The van der Waals surface area contributed by atoms with E-state index in [0.29, 0.717) is 21.0 Å². The first-order valence-electron chi connectivity index (χ1n) is 9.48. The van der Waals surface area contributed by atoms with Gasteiger partial charge in [-0.1, -0.05) is 18.2 Å². The van der Waals surface area contributed by atoms with Gasteiger partial charge in [0, 0.05) is 19.5 Å². The quantitative estimate of drug-likeness (QED) is 0.383. The Labute approximate surface area is 189 Å². The van der Waals surface area contributed by atoms with E-state index < -0.39 is 5.91 Å². The van der Waals surface area contributed by atoms with Gasteiger partial charge < -0.3 is 5.11 Å². The molecule has 0 saturated carbocycles. The van der Waals surface area contributed by atoms with Crippen LogP contribution in [-0.4, -0.2) is 41.7 Å². The number of aromatic hydroxyl groups is 1. The number of hydrogen-bond acceptors (Lipinski definition) is 7. The van der Waals surface area contributed by atoms with Crippen molar-refractivity contribution in [1.82, 2.24) is 15.9 Å². The molecule has 162 valence electrons. The lowest BCUT2D eigenvalue weighted by atomic mass is 10.0. The molecule has 0 spiro atoms. The largest absolute Gasteiger partial charge is 0.506 e. The van der Waals surface area contributed by atoms with E-state index in [2.05, 4.69) is 16.0 Å². The zero-order chi connectivity index (χ0) is 22.7. The van der Waals surface area contributed by atoms with Crippen LogP contribution >= 0.6 is 22.7 Å². The van der Waals surface area contributed by atoms with Crippen molar-refractivity contribution in [2.75, 3.05) is 14.1 Å². The lowest BCUT2D eigenvalue weighted by molar-refractivity contribution is 0.0861. The highest BCUT2D eigenvalue weighted by molar-refractivity contribution is 7.16. The van der Waals surface area contributed by atoms with Crippen LogP contribution in [0.25, 0.3) is 10.4 Å². The van der Waals surface area contributed by atoms with Gasteiger partial charge in [0.15, 0.2) is 0 Å². The summed E-state index contributed by atoms with van der Waals surface area (Å²) in [5.74, 6) is -0.560. The third-order valence-electron chi connectivity index (χ3n) is 4.63. The van der Waals surface area contributed by atoms with Gasteiger partial charge in [0.25, 0.3) is 11.8 Å². The normalized spacial score (nSPS) is 11.6. The first kappa shape index (κ1) is 22.7. The minimum atomic E-state index is -0.419. The van der Waals surface area contributed by atoms with Crippen LogP contribution in [0.4, 0.5) is 0 Å². The standard InChI is InChI=1S/C22H24N4O3S2/c1-12-6-7-15(10-13(12)2)20-19(27)16(11-30-20)14(3)23-24-21(28)17-8-9-18(31-17)22(29)25-26(4)5/h6-11,27H,1-5H3,(H,24,28)(H,25,29). The maximum Gasteiger partial charge on any atom is 0.281 e. The van der Waals surface area contributed by atoms with Crippen molar-refractivity contribution in [2.24, 2.45) is 5.10 Å². The summed E-state index contributed by atoms with van der Waals surface area (Å²) in [5.41, 5.74) is 9.46. The number of hydrogen-bond donors (Lipinski definition) is 3. The number of carbonyl (C=O) groups excluding carboxylic acids is 2. The molecule has 0 unspecified atom stereocenters. The van der Waals surface area contributed by atoms with Crippen LogP contribution in [0.1, 0.15) is 43.0 Å². The predicted molar refractivity (Wildman–Crippen MR) is 126 cm³/mol. The molecule has 2 amide bonds.